The summed E-state index contributed by atoms with van der Waals surface area (Å²) in [5, 5.41) is 5.20. The molecule has 1 aromatic heterocycles. The van der Waals surface area contributed by atoms with Crippen LogP contribution in [0.2, 0.25) is 5.02 Å². The topological polar surface area (TPSA) is 49.4 Å². The average Bonchev–Trinajstić information content (AvgIpc) is 3.24. The summed E-state index contributed by atoms with van der Waals surface area (Å²) >= 11 is 7.48. The number of nitrogens with zero attached hydrogens (tertiary/aromatic N) is 1. The van der Waals surface area contributed by atoms with Crippen LogP contribution in [0, 0.1) is 12.3 Å². The predicted molar refractivity (Wildman–Crippen MR) is 113 cm³/mol. The fourth-order valence-corrected chi connectivity index (χ4v) is 3.78. The lowest BCUT2D eigenvalue weighted by molar-refractivity contribution is -0.125. The average molecular weight is 409 g/mol. The highest BCUT2D eigenvalue weighted by molar-refractivity contribution is 7.10. The number of nitrogens with one attached hydrogen (secondary N) is 1. The molecule has 0 radical (unpaired) electrons. The number of carbonyl (C=O) groups excluding carboxylic acids is 2. The third-order valence-electron chi connectivity index (χ3n) is 4.06. The molecule has 0 aliphatic carbocycles. The van der Waals surface area contributed by atoms with Gasteiger partial charge in [0, 0.05) is 22.1 Å². The van der Waals surface area contributed by atoms with Crippen molar-refractivity contribution >= 4 is 40.4 Å². The van der Waals surface area contributed by atoms with Crippen molar-refractivity contribution in [2.45, 2.75) is 12.6 Å². The van der Waals surface area contributed by atoms with Crippen molar-refractivity contribution in [3.05, 3.63) is 87.6 Å². The predicted octanol–water partition coefficient (Wildman–Crippen LogP) is 4.43. The molecule has 0 aliphatic rings. The van der Waals surface area contributed by atoms with E-state index in [1.807, 2.05) is 41.8 Å². The zero-order chi connectivity index (χ0) is 19.9. The number of thiophene rings is 1. The number of rotatable bonds is 6. The summed E-state index contributed by atoms with van der Waals surface area (Å²) in [5.74, 6) is 1.18. The maximum Gasteiger partial charge on any atom is 0.303 e. The molecule has 28 heavy (non-hydrogen) atoms. The lowest BCUT2D eigenvalue weighted by atomic mass is 10.1. The van der Waals surface area contributed by atoms with Gasteiger partial charge in [0.1, 0.15) is 0 Å². The number of halogens is 1. The van der Waals surface area contributed by atoms with Crippen LogP contribution < -0.4 is 10.2 Å². The van der Waals surface area contributed by atoms with Gasteiger partial charge in [0.15, 0.2) is 6.04 Å². The minimum absolute atomic E-state index is 0.324. The molecular formula is C22H17ClN2O2S. The number of amides is 2. The van der Waals surface area contributed by atoms with Crippen molar-refractivity contribution in [2.75, 3.05) is 4.90 Å². The molecule has 0 spiro atoms. The molecule has 6 heteroatoms. The van der Waals surface area contributed by atoms with Gasteiger partial charge < -0.3 is 5.32 Å². The molecule has 3 aromatic rings. The van der Waals surface area contributed by atoms with E-state index in [1.54, 1.807) is 30.3 Å². The molecule has 1 atom stereocenters. The van der Waals surface area contributed by atoms with E-state index in [0.29, 0.717) is 22.1 Å². The van der Waals surface area contributed by atoms with Gasteiger partial charge in [-0.3, -0.25) is 14.5 Å². The maximum absolute atomic E-state index is 13.1. The molecule has 2 aromatic carbocycles. The van der Waals surface area contributed by atoms with Crippen LogP contribution in [-0.4, -0.2) is 11.8 Å². The molecule has 2 amide bonds. The van der Waals surface area contributed by atoms with Gasteiger partial charge in [-0.25, -0.2) is 0 Å². The van der Waals surface area contributed by atoms with Crippen molar-refractivity contribution in [2.24, 2.45) is 0 Å². The first-order valence-electron chi connectivity index (χ1n) is 8.50. The van der Waals surface area contributed by atoms with Gasteiger partial charge in [0.2, 0.25) is 5.91 Å². The Bertz CT molecular complexity index is 997. The zero-order valence-corrected chi connectivity index (χ0v) is 16.4. The Hall–Kier alpha value is -3.07. The molecule has 0 bridgehead atoms. The highest BCUT2D eigenvalue weighted by Crippen LogP contribution is 2.32. The fraction of sp³-hybridized carbons (Fsp3) is 0.0909. The molecule has 140 valence electrons. The Kier molecular flexibility index (Phi) is 6.49. The monoisotopic (exact) mass is 408 g/mol. The second-order valence-electron chi connectivity index (χ2n) is 5.92. The van der Waals surface area contributed by atoms with Gasteiger partial charge in [-0.15, -0.1) is 17.8 Å². The van der Waals surface area contributed by atoms with E-state index in [1.165, 1.54) is 16.2 Å². The van der Waals surface area contributed by atoms with Gasteiger partial charge in [-0.2, -0.15) is 0 Å². The molecule has 3 rings (SSSR count). The summed E-state index contributed by atoms with van der Waals surface area (Å²) in [6.45, 7) is 0.342. The van der Waals surface area contributed by atoms with E-state index in [0.717, 1.165) is 5.56 Å². The van der Waals surface area contributed by atoms with Gasteiger partial charge in [0.05, 0.1) is 0 Å². The first-order chi connectivity index (χ1) is 13.6. The van der Waals surface area contributed by atoms with Crippen LogP contribution in [0.4, 0.5) is 5.69 Å². The molecule has 1 unspecified atom stereocenters. The van der Waals surface area contributed by atoms with Crippen LogP contribution in [-0.2, 0) is 16.1 Å². The van der Waals surface area contributed by atoms with Gasteiger partial charge in [-0.05, 0) is 41.1 Å². The smallest absolute Gasteiger partial charge is 0.303 e. The van der Waals surface area contributed by atoms with E-state index >= 15 is 0 Å². The number of hydrogen-bond donors (Lipinski definition) is 1. The van der Waals surface area contributed by atoms with Gasteiger partial charge in [-0.1, -0.05) is 54.1 Å². The third kappa shape index (κ3) is 4.61. The largest absolute Gasteiger partial charge is 0.350 e. The van der Waals surface area contributed by atoms with Crippen LogP contribution in [0.3, 0.4) is 0 Å². The molecule has 1 heterocycles. The Morgan fingerprint density at radius 1 is 1.11 bits per heavy atom. The van der Waals surface area contributed by atoms with Crippen molar-refractivity contribution in [3.8, 4) is 12.3 Å². The van der Waals surface area contributed by atoms with Crippen LogP contribution >= 0.6 is 22.9 Å². The number of terminal acetylenes is 1. The molecular weight excluding hydrogens is 392 g/mol. The summed E-state index contributed by atoms with van der Waals surface area (Å²) in [6.07, 6.45) is 5.40. The first-order valence-corrected chi connectivity index (χ1v) is 9.76. The second kappa shape index (κ2) is 9.23. The zero-order valence-electron chi connectivity index (χ0n) is 14.8. The van der Waals surface area contributed by atoms with Crippen molar-refractivity contribution in [1.82, 2.24) is 5.32 Å². The Labute approximate surface area is 172 Å². The highest BCUT2D eigenvalue weighted by atomic mass is 35.5. The summed E-state index contributed by atoms with van der Waals surface area (Å²) in [7, 11) is 0. The standard InChI is InChI=1S/C22H17ClN2O2S/c1-2-20(26)25(18-11-6-10-17(23)14-18)21(19-12-7-13-28-19)22(27)24-15-16-8-4-3-5-9-16/h1,3-14,21H,15H2,(H,24,27). The Morgan fingerprint density at radius 2 is 1.89 bits per heavy atom. The normalized spacial score (nSPS) is 11.3. The summed E-state index contributed by atoms with van der Waals surface area (Å²) in [6, 6.07) is 19.0. The maximum atomic E-state index is 13.1. The SMILES string of the molecule is C#CC(=O)N(c1cccc(Cl)c1)C(C(=O)NCc1ccccc1)c1cccs1. The van der Waals surface area contributed by atoms with E-state index in [2.05, 4.69) is 11.2 Å². The second-order valence-corrected chi connectivity index (χ2v) is 7.34. The van der Waals surface area contributed by atoms with Crippen molar-refractivity contribution in [3.63, 3.8) is 0 Å². The van der Waals surface area contributed by atoms with Crippen LogP contribution in [0.15, 0.2) is 72.1 Å². The van der Waals surface area contributed by atoms with E-state index in [4.69, 9.17) is 18.0 Å². The fourth-order valence-electron chi connectivity index (χ4n) is 2.78. The lowest BCUT2D eigenvalue weighted by Gasteiger charge is -2.29. The van der Waals surface area contributed by atoms with Gasteiger partial charge >= 0.3 is 5.91 Å². The minimum Gasteiger partial charge on any atom is -0.350 e. The number of carbonyl (C=O) groups is 2. The third-order valence-corrected chi connectivity index (χ3v) is 5.22. The molecule has 0 aliphatic heterocycles. The minimum atomic E-state index is -0.897. The van der Waals surface area contributed by atoms with Crippen LogP contribution in [0.1, 0.15) is 16.5 Å². The molecule has 0 saturated heterocycles. The van der Waals surface area contributed by atoms with Crippen LogP contribution in [0.25, 0.3) is 0 Å². The van der Waals surface area contributed by atoms with Gasteiger partial charge in [0.25, 0.3) is 0 Å². The lowest BCUT2D eigenvalue weighted by Crippen LogP contribution is -2.43. The van der Waals surface area contributed by atoms with E-state index in [-0.39, 0.29) is 5.91 Å². The molecule has 4 nitrogen and oxygen atoms in total. The summed E-state index contributed by atoms with van der Waals surface area (Å²) in [5.41, 5.74) is 1.42. The number of benzene rings is 2. The molecule has 0 saturated carbocycles. The van der Waals surface area contributed by atoms with Crippen LogP contribution in [0.5, 0.6) is 0 Å². The quantitative estimate of drug-likeness (QED) is 0.613. The molecule has 1 N–H and O–H groups in total. The summed E-state index contributed by atoms with van der Waals surface area (Å²) in [4.78, 5) is 27.8. The molecule has 0 fully saturated rings. The Morgan fingerprint density at radius 3 is 2.54 bits per heavy atom. The van der Waals surface area contributed by atoms with E-state index < -0.39 is 11.9 Å². The first kappa shape index (κ1) is 19.7. The number of hydrogen-bond acceptors (Lipinski definition) is 3. The Balaban J connectivity index is 1.96. The highest BCUT2D eigenvalue weighted by Gasteiger charge is 2.33. The number of anilines is 1. The summed E-state index contributed by atoms with van der Waals surface area (Å²) < 4.78 is 0. The van der Waals surface area contributed by atoms with E-state index in [9.17, 15) is 9.59 Å². The van der Waals surface area contributed by atoms with Crippen molar-refractivity contribution in [1.29, 1.82) is 0 Å². The van der Waals surface area contributed by atoms with Crippen molar-refractivity contribution < 1.29 is 9.59 Å².